The summed E-state index contributed by atoms with van der Waals surface area (Å²) in [6, 6.07) is 1.66. The van der Waals surface area contributed by atoms with Crippen molar-refractivity contribution in [1.29, 1.82) is 0 Å². The molecule has 7 heteroatoms. The molecule has 0 saturated heterocycles. The lowest BCUT2D eigenvalue weighted by atomic mass is 10.4. The molecule has 0 aromatic carbocycles. The Hall–Kier alpha value is -2.31. The lowest BCUT2D eigenvalue weighted by Crippen LogP contribution is -2.04. The SMILES string of the molecule is Nc1nc(N)nc(-c2ccncn2)n1. The van der Waals surface area contributed by atoms with E-state index >= 15 is 0 Å². The van der Waals surface area contributed by atoms with Crippen molar-refractivity contribution in [2.45, 2.75) is 0 Å². The van der Waals surface area contributed by atoms with E-state index in [1.165, 1.54) is 6.33 Å². The van der Waals surface area contributed by atoms with Crippen LogP contribution in [-0.2, 0) is 0 Å². The van der Waals surface area contributed by atoms with Crippen LogP contribution in [0.25, 0.3) is 11.5 Å². The Bertz CT molecular complexity index is 421. The highest BCUT2D eigenvalue weighted by Gasteiger charge is 2.04. The van der Waals surface area contributed by atoms with E-state index in [0.29, 0.717) is 11.5 Å². The van der Waals surface area contributed by atoms with Crippen molar-refractivity contribution in [2.75, 3.05) is 11.5 Å². The van der Waals surface area contributed by atoms with Gasteiger partial charge >= 0.3 is 0 Å². The zero-order chi connectivity index (χ0) is 9.97. The summed E-state index contributed by atoms with van der Waals surface area (Å²) in [6.45, 7) is 0. The molecule has 0 aliphatic rings. The van der Waals surface area contributed by atoms with Gasteiger partial charge in [0.15, 0.2) is 5.82 Å². The van der Waals surface area contributed by atoms with Crippen molar-refractivity contribution >= 4 is 11.9 Å². The van der Waals surface area contributed by atoms with Gasteiger partial charge in [0.1, 0.15) is 12.0 Å². The first-order valence-corrected chi connectivity index (χ1v) is 3.79. The molecular formula is C7H7N7. The van der Waals surface area contributed by atoms with E-state index in [4.69, 9.17) is 11.5 Å². The van der Waals surface area contributed by atoms with Crippen molar-refractivity contribution < 1.29 is 0 Å². The Morgan fingerprint density at radius 1 is 1.00 bits per heavy atom. The summed E-state index contributed by atoms with van der Waals surface area (Å²) in [5.74, 6) is 0.495. The molecule has 0 amide bonds. The van der Waals surface area contributed by atoms with Gasteiger partial charge in [-0.25, -0.2) is 9.97 Å². The first kappa shape index (κ1) is 8.30. The summed E-state index contributed by atoms with van der Waals surface area (Å²) in [7, 11) is 0. The summed E-state index contributed by atoms with van der Waals surface area (Å²) in [6.07, 6.45) is 2.98. The molecule has 4 N–H and O–H groups in total. The van der Waals surface area contributed by atoms with E-state index in [0.717, 1.165) is 0 Å². The van der Waals surface area contributed by atoms with E-state index in [1.807, 2.05) is 0 Å². The fraction of sp³-hybridized carbons (Fsp3) is 0. The van der Waals surface area contributed by atoms with Crippen LogP contribution in [0.4, 0.5) is 11.9 Å². The van der Waals surface area contributed by atoms with Gasteiger partial charge in [0.25, 0.3) is 0 Å². The van der Waals surface area contributed by atoms with E-state index in [2.05, 4.69) is 24.9 Å². The number of rotatable bonds is 1. The number of hydrogen-bond acceptors (Lipinski definition) is 7. The predicted octanol–water partition coefficient (Wildman–Crippen LogP) is -0.507. The third-order valence-corrected chi connectivity index (χ3v) is 1.48. The first-order chi connectivity index (χ1) is 6.75. The molecule has 0 bridgehead atoms. The number of aromatic nitrogens is 5. The van der Waals surface area contributed by atoms with E-state index in [1.54, 1.807) is 12.3 Å². The van der Waals surface area contributed by atoms with Gasteiger partial charge in [-0.3, -0.25) is 0 Å². The van der Waals surface area contributed by atoms with Crippen LogP contribution in [0, 0.1) is 0 Å². The highest BCUT2D eigenvalue weighted by Crippen LogP contribution is 2.11. The van der Waals surface area contributed by atoms with Crippen LogP contribution in [0.15, 0.2) is 18.6 Å². The molecule has 0 aliphatic carbocycles. The van der Waals surface area contributed by atoms with Crippen LogP contribution in [0.1, 0.15) is 0 Å². The minimum absolute atomic E-state index is 0.0751. The molecule has 0 atom stereocenters. The monoisotopic (exact) mass is 189 g/mol. The second kappa shape index (κ2) is 3.21. The number of anilines is 2. The highest BCUT2D eigenvalue weighted by molar-refractivity contribution is 5.51. The second-order valence-electron chi connectivity index (χ2n) is 2.47. The molecule has 2 aromatic heterocycles. The minimum Gasteiger partial charge on any atom is -0.368 e. The molecule has 7 nitrogen and oxygen atoms in total. The maximum atomic E-state index is 5.41. The van der Waals surface area contributed by atoms with Crippen molar-refractivity contribution in [2.24, 2.45) is 0 Å². The summed E-state index contributed by atoms with van der Waals surface area (Å²) in [4.78, 5) is 19.2. The average molecular weight is 189 g/mol. The molecule has 14 heavy (non-hydrogen) atoms. The van der Waals surface area contributed by atoms with Gasteiger partial charge in [0.2, 0.25) is 11.9 Å². The fourth-order valence-corrected chi connectivity index (χ4v) is 0.947. The van der Waals surface area contributed by atoms with E-state index in [9.17, 15) is 0 Å². The third kappa shape index (κ3) is 1.56. The Labute approximate surface area is 79.3 Å². The van der Waals surface area contributed by atoms with Gasteiger partial charge in [-0.15, -0.1) is 0 Å². The molecule has 0 unspecified atom stereocenters. The molecule has 0 saturated carbocycles. The van der Waals surface area contributed by atoms with Crippen molar-refractivity contribution in [3.63, 3.8) is 0 Å². The van der Waals surface area contributed by atoms with Crippen LogP contribution >= 0.6 is 0 Å². The first-order valence-electron chi connectivity index (χ1n) is 3.79. The van der Waals surface area contributed by atoms with Gasteiger partial charge in [-0.05, 0) is 6.07 Å². The molecule has 0 spiro atoms. The summed E-state index contributed by atoms with van der Waals surface area (Å²) in [5, 5.41) is 0. The lowest BCUT2D eigenvalue weighted by molar-refractivity contribution is 1.06. The molecule has 0 radical (unpaired) electrons. The summed E-state index contributed by atoms with van der Waals surface area (Å²) >= 11 is 0. The van der Waals surface area contributed by atoms with Gasteiger partial charge in [0.05, 0.1) is 0 Å². The molecule has 2 aromatic rings. The van der Waals surface area contributed by atoms with Gasteiger partial charge < -0.3 is 11.5 Å². The minimum atomic E-state index is 0.0751. The topological polar surface area (TPSA) is 116 Å². The molecule has 0 aliphatic heterocycles. The maximum absolute atomic E-state index is 5.41. The predicted molar refractivity (Wildman–Crippen MR) is 49.7 cm³/mol. The number of nitrogens with two attached hydrogens (primary N) is 2. The van der Waals surface area contributed by atoms with E-state index < -0.39 is 0 Å². The molecular weight excluding hydrogens is 182 g/mol. The van der Waals surface area contributed by atoms with Gasteiger partial charge in [-0.1, -0.05) is 0 Å². The van der Waals surface area contributed by atoms with Crippen molar-refractivity contribution in [3.05, 3.63) is 18.6 Å². The number of hydrogen-bond donors (Lipinski definition) is 2. The molecule has 70 valence electrons. The van der Waals surface area contributed by atoms with Crippen molar-refractivity contribution in [3.8, 4) is 11.5 Å². The zero-order valence-corrected chi connectivity index (χ0v) is 7.12. The highest BCUT2D eigenvalue weighted by atomic mass is 15.1. The average Bonchev–Trinajstić information content (AvgIpc) is 2.18. The second-order valence-corrected chi connectivity index (χ2v) is 2.47. The molecule has 2 heterocycles. The van der Waals surface area contributed by atoms with Crippen molar-refractivity contribution in [1.82, 2.24) is 24.9 Å². The third-order valence-electron chi connectivity index (χ3n) is 1.48. The van der Waals surface area contributed by atoms with Crippen LogP contribution in [0.5, 0.6) is 0 Å². The summed E-state index contributed by atoms with van der Waals surface area (Å²) < 4.78 is 0. The zero-order valence-electron chi connectivity index (χ0n) is 7.12. The normalized spacial score (nSPS) is 10.0. The lowest BCUT2D eigenvalue weighted by Gasteiger charge is -1.99. The molecule has 0 fully saturated rings. The number of nitrogen functional groups attached to an aromatic ring is 2. The van der Waals surface area contributed by atoms with Gasteiger partial charge in [0, 0.05) is 6.20 Å². The Kier molecular flexibility index (Phi) is 1.90. The molecule has 2 rings (SSSR count). The fourth-order valence-electron chi connectivity index (χ4n) is 0.947. The van der Waals surface area contributed by atoms with Gasteiger partial charge in [-0.2, -0.15) is 15.0 Å². The van der Waals surface area contributed by atoms with Crippen LogP contribution in [-0.4, -0.2) is 24.9 Å². The summed E-state index contributed by atoms with van der Waals surface area (Å²) in [5.41, 5.74) is 11.4. The Morgan fingerprint density at radius 3 is 2.29 bits per heavy atom. The van der Waals surface area contributed by atoms with Crippen LogP contribution < -0.4 is 11.5 Å². The van der Waals surface area contributed by atoms with Crippen LogP contribution in [0.3, 0.4) is 0 Å². The van der Waals surface area contributed by atoms with Crippen LogP contribution in [0.2, 0.25) is 0 Å². The Morgan fingerprint density at radius 2 is 1.71 bits per heavy atom. The quantitative estimate of drug-likeness (QED) is 0.620. The standard InChI is InChI=1S/C7H7N7/c8-6-12-5(13-7(9)14-6)4-1-2-10-3-11-4/h1-3H,(H4,8,9,12,13,14). The smallest absolute Gasteiger partial charge is 0.225 e. The maximum Gasteiger partial charge on any atom is 0.225 e. The van der Waals surface area contributed by atoms with E-state index in [-0.39, 0.29) is 11.9 Å². The number of nitrogens with zero attached hydrogens (tertiary/aromatic N) is 5. The largest absolute Gasteiger partial charge is 0.368 e. The Balaban J connectivity index is 2.52.